The van der Waals surface area contributed by atoms with Crippen molar-refractivity contribution in [3.63, 3.8) is 0 Å². The van der Waals surface area contributed by atoms with E-state index in [9.17, 15) is 0 Å². The number of aromatic nitrogens is 2. The summed E-state index contributed by atoms with van der Waals surface area (Å²) in [7, 11) is 0. The number of piperidine rings is 2. The molecule has 3 heterocycles. The van der Waals surface area contributed by atoms with Crippen LogP contribution in [0, 0.1) is 11.8 Å². The van der Waals surface area contributed by atoms with Gasteiger partial charge in [0, 0.05) is 38.3 Å². The maximum absolute atomic E-state index is 5.58. The second kappa shape index (κ2) is 9.45. The van der Waals surface area contributed by atoms with Crippen LogP contribution in [0.4, 0.5) is 17.6 Å². The fourth-order valence-corrected chi connectivity index (χ4v) is 5.09. The maximum Gasteiger partial charge on any atom is 0.232 e. The molecule has 1 aromatic rings. The molecule has 0 aromatic carbocycles. The monoisotopic (exact) mass is 416 g/mol. The number of nitrogens with one attached hydrogen (secondary N) is 2. The van der Waals surface area contributed by atoms with E-state index < -0.39 is 0 Å². The maximum atomic E-state index is 5.58. The van der Waals surface area contributed by atoms with Crippen molar-refractivity contribution >= 4 is 34.9 Å². The van der Waals surface area contributed by atoms with Gasteiger partial charge in [0.1, 0.15) is 11.6 Å². The Hall–Kier alpha value is -1.63. The zero-order valence-corrected chi connectivity index (χ0v) is 18.8. The summed E-state index contributed by atoms with van der Waals surface area (Å²) in [4.78, 5) is 14.6. The predicted octanol–water partition coefficient (Wildman–Crippen LogP) is 4.18. The van der Waals surface area contributed by atoms with E-state index in [4.69, 9.17) is 22.2 Å². The van der Waals surface area contributed by atoms with Gasteiger partial charge in [0.05, 0.1) is 0 Å². The van der Waals surface area contributed by atoms with Crippen molar-refractivity contribution in [3.8, 4) is 0 Å². The zero-order chi connectivity index (χ0) is 20.2. The second-order valence-corrected chi connectivity index (χ2v) is 9.76. The largest absolute Gasteiger partial charge is 0.360 e. The molecule has 2 N–H and O–H groups in total. The Morgan fingerprint density at radius 1 is 0.897 bits per heavy atom. The van der Waals surface area contributed by atoms with Gasteiger partial charge < -0.3 is 20.4 Å². The first-order chi connectivity index (χ1) is 14.1. The lowest BCUT2D eigenvalue weighted by Gasteiger charge is -2.34. The summed E-state index contributed by atoms with van der Waals surface area (Å²) in [5.41, 5.74) is 0. The summed E-state index contributed by atoms with van der Waals surface area (Å²) in [5.74, 6) is 4.21. The molecular formula is C22H36N6S. The Labute approximate surface area is 180 Å². The van der Waals surface area contributed by atoms with Crippen LogP contribution in [0.1, 0.15) is 65.2 Å². The van der Waals surface area contributed by atoms with Crippen LogP contribution in [0.2, 0.25) is 0 Å². The zero-order valence-electron chi connectivity index (χ0n) is 18.0. The van der Waals surface area contributed by atoms with Gasteiger partial charge in [-0.2, -0.15) is 9.97 Å². The van der Waals surface area contributed by atoms with Crippen molar-refractivity contribution < 1.29 is 0 Å². The molecule has 2 saturated heterocycles. The highest BCUT2D eigenvalue weighted by atomic mass is 32.1. The molecule has 160 valence electrons. The van der Waals surface area contributed by atoms with Gasteiger partial charge in [-0.3, -0.25) is 0 Å². The molecule has 3 fully saturated rings. The van der Waals surface area contributed by atoms with Crippen LogP contribution in [-0.2, 0) is 0 Å². The predicted molar refractivity (Wildman–Crippen MR) is 125 cm³/mol. The Kier molecular flexibility index (Phi) is 6.73. The normalized spacial score (nSPS) is 24.0. The van der Waals surface area contributed by atoms with E-state index in [1.54, 1.807) is 0 Å². The molecule has 6 nitrogen and oxygen atoms in total. The highest BCUT2D eigenvalue weighted by molar-refractivity contribution is 7.80. The van der Waals surface area contributed by atoms with Crippen molar-refractivity contribution in [1.82, 2.24) is 15.3 Å². The summed E-state index contributed by atoms with van der Waals surface area (Å²) >= 11 is 5.58. The number of thiocarbonyl (C=S) groups is 1. The molecule has 0 unspecified atom stereocenters. The minimum absolute atomic E-state index is 0.490. The number of hydrogen-bond donors (Lipinski definition) is 2. The van der Waals surface area contributed by atoms with Gasteiger partial charge in [0.25, 0.3) is 0 Å². The fourth-order valence-electron chi connectivity index (χ4n) is 4.83. The Bertz CT molecular complexity index is 697. The fraction of sp³-hybridized carbons (Fsp3) is 0.773. The minimum Gasteiger partial charge on any atom is -0.360 e. The van der Waals surface area contributed by atoms with Crippen LogP contribution in [0.5, 0.6) is 0 Å². The lowest BCUT2D eigenvalue weighted by molar-refractivity contribution is 0.435. The van der Waals surface area contributed by atoms with Crippen LogP contribution < -0.4 is 20.4 Å². The summed E-state index contributed by atoms with van der Waals surface area (Å²) < 4.78 is 0. The number of rotatable bonds is 4. The van der Waals surface area contributed by atoms with Crippen LogP contribution >= 0.6 is 12.2 Å². The molecule has 29 heavy (non-hydrogen) atoms. The van der Waals surface area contributed by atoms with Crippen LogP contribution in [0.15, 0.2) is 6.07 Å². The average molecular weight is 417 g/mol. The van der Waals surface area contributed by atoms with E-state index >= 15 is 0 Å². The molecule has 1 aliphatic carbocycles. The summed E-state index contributed by atoms with van der Waals surface area (Å²) in [6.07, 6.45) is 9.96. The van der Waals surface area contributed by atoms with E-state index in [0.29, 0.717) is 23.0 Å². The van der Waals surface area contributed by atoms with Gasteiger partial charge in [0.15, 0.2) is 5.11 Å². The average Bonchev–Trinajstić information content (AvgIpc) is 3.21. The number of hydrogen-bond acceptors (Lipinski definition) is 5. The lowest BCUT2D eigenvalue weighted by Crippen LogP contribution is -2.38. The van der Waals surface area contributed by atoms with E-state index in [2.05, 4.69) is 40.3 Å². The van der Waals surface area contributed by atoms with Gasteiger partial charge >= 0.3 is 0 Å². The van der Waals surface area contributed by atoms with Gasteiger partial charge in [-0.15, -0.1) is 0 Å². The van der Waals surface area contributed by atoms with Crippen molar-refractivity contribution in [1.29, 1.82) is 0 Å². The molecular weight excluding hydrogens is 380 g/mol. The van der Waals surface area contributed by atoms with Crippen LogP contribution in [-0.4, -0.2) is 47.3 Å². The Morgan fingerprint density at radius 3 is 2.28 bits per heavy atom. The van der Waals surface area contributed by atoms with Gasteiger partial charge in [-0.05, 0) is 62.6 Å². The highest BCUT2D eigenvalue weighted by Gasteiger charge is 2.23. The first kappa shape index (κ1) is 20.6. The van der Waals surface area contributed by atoms with E-state index in [0.717, 1.165) is 43.7 Å². The van der Waals surface area contributed by atoms with E-state index in [-0.39, 0.29) is 0 Å². The molecule has 7 heteroatoms. The molecule has 0 radical (unpaired) electrons. The summed E-state index contributed by atoms with van der Waals surface area (Å²) in [6.45, 7) is 8.95. The molecule has 0 bridgehead atoms. The topological polar surface area (TPSA) is 56.3 Å². The van der Waals surface area contributed by atoms with Gasteiger partial charge in [-0.1, -0.05) is 26.7 Å². The third-order valence-electron chi connectivity index (χ3n) is 6.70. The first-order valence-electron chi connectivity index (χ1n) is 11.5. The molecule has 4 rings (SSSR count). The number of anilines is 3. The highest BCUT2D eigenvalue weighted by Crippen LogP contribution is 2.28. The molecule has 0 spiro atoms. The number of nitrogens with zero attached hydrogens (tertiary/aromatic N) is 4. The van der Waals surface area contributed by atoms with Crippen LogP contribution in [0.25, 0.3) is 0 Å². The summed E-state index contributed by atoms with van der Waals surface area (Å²) in [6, 6.07) is 2.68. The van der Waals surface area contributed by atoms with Crippen molar-refractivity contribution in [2.75, 3.05) is 41.3 Å². The minimum atomic E-state index is 0.490. The molecule has 3 aliphatic rings. The molecule has 1 atom stereocenters. The third-order valence-corrected chi connectivity index (χ3v) is 6.92. The smallest absolute Gasteiger partial charge is 0.232 e. The SMILES string of the molecule is CC1CCN(c2cc(N3CCC[C@@H](C)C3)nc(NC(=S)NC3CCCC3)n2)CC1. The van der Waals surface area contributed by atoms with Crippen molar-refractivity contribution in [3.05, 3.63) is 6.07 Å². The van der Waals surface area contributed by atoms with Crippen molar-refractivity contribution in [2.24, 2.45) is 11.8 Å². The van der Waals surface area contributed by atoms with Gasteiger partial charge in [0.2, 0.25) is 5.95 Å². The van der Waals surface area contributed by atoms with E-state index in [1.165, 1.54) is 51.4 Å². The third kappa shape index (κ3) is 5.50. The molecule has 2 aliphatic heterocycles. The Balaban J connectivity index is 1.52. The quantitative estimate of drug-likeness (QED) is 0.714. The second-order valence-electron chi connectivity index (χ2n) is 9.35. The van der Waals surface area contributed by atoms with Crippen molar-refractivity contribution in [2.45, 2.75) is 71.3 Å². The van der Waals surface area contributed by atoms with Gasteiger partial charge in [-0.25, -0.2) is 0 Å². The lowest BCUT2D eigenvalue weighted by atomic mass is 9.99. The van der Waals surface area contributed by atoms with E-state index in [1.807, 2.05) is 0 Å². The first-order valence-corrected chi connectivity index (χ1v) is 11.9. The molecule has 1 saturated carbocycles. The molecule has 0 amide bonds. The van der Waals surface area contributed by atoms with Crippen LogP contribution in [0.3, 0.4) is 0 Å². The summed E-state index contributed by atoms with van der Waals surface area (Å²) in [5, 5.41) is 7.40. The Morgan fingerprint density at radius 2 is 1.59 bits per heavy atom. The molecule has 1 aromatic heterocycles. The standard InChI is InChI=1S/C22H36N6S/c1-16-9-12-27(13-10-16)19-14-20(28-11-5-6-17(2)15-28)25-21(24-19)26-22(29)23-18-7-3-4-8-18/h14,16-18H,3-13,15H2,1-2H3,(H2,23,24,25,26,29)/t17-/m1/s1.